The highest BCUT2D eigenvalue weighted by atomic mass is 19.1. The first-order valence-electron chi connectivity index (χ1n) is 8.42. The van der Waals surface area contributed by atoms with E-state index < -0.39 is 11.5 Å². The third-order valence-corrected chi connectivity index (χ3v) is 4.05. The molecule has 0 atom stereocenters. The largest absolute Gasteiger partial charge is 0.406 e. The number of amides is 1. The van der Waals surface area contributed by atoms with Crippen LogP contribution < -0.4 is 15.7 Å². The quantitative estimate of drug-likeness (QED) is 0.752. The molecule has 1 amide bonds. The molecule has 1 N–H and O–H groups in total. The molecule has 0 aliphatic carbocycles. The number of pyridine rings is 1. The van der Waals surface area contributed by atoms with Gasteiger partial charge < -0.3 is 10.2 Å². The van der Waals surface area contributed by atoms with Crippen molar-refractivity contribution in [1.82, 2.24) is 4.73 Å². The number of benzene rings is 2. The number of nitrogens with one attached hydrogen (secondary N) is 1. The first-order valence-corrected chi connectivity index (χ1v) is 8.42. The van der Waals surface area contributed by atoms with Crippen molar-refractivity contribution in [1.29, 1.82) is 0 Å². The second-order valence-electron chi connectivity index (χ2n) is 6.23. The number of hydrogen-bond acceptors (Lipinski definition) is 3. The molecule has 1 heterocycles. The van der Waals surface area contributed by atoms with Crippen molar-refractivity contribution in [2.45, 2.75) is 20.5 Å². The molecule has 0 aliphatic heterocycles. The summed E-state index contributed by atoms with van der Waals surface area (Å²) in [5, 5.41) is 2.75. The van der Waals surface area contributed by atoms with E-state index in [1.54, 1.807) is 24.3 Å². The van der Waals surface area contributed by atoms with Gasteiger partial charge in [-0.1, -0.05) is 29.8 Å². The van der Waals surface area contributed by atoms with Crippen LogP contribution in [0, 0.1) is 19.7 Å². The van der Waals surface area contributed by atoms with Gasteiger partial charge in [0, 0.05) is 11.9 Å². The molecule has 3 rings (SSSR count). The average Bonchev–Trinajstić information content (AvgIpc) is 2.63. The van der Waals surface area contributed by atoms with Crippen molar-refractivity contribution < 1.29 is 14.0 Å². The van der Waals surface area contributed by atoms with Crippen molar-refractivity contribution in [2.75, 3.05) is 5.32 Å². The Kier molecular flexibility index (Phi) is 5.35. The molecule has 0 unspecified atom stereocenters. The summed E-state index contributed by atoms with van der Waals surface area (Å²) in [6.45, 7) is 3.85. The van der Waals surface area contributed by atoms with Crippen LogP contribution in [0.25, 0.3) is 0 Å². The second kappa shape index (κ2) is 7.86. The van der Waals surface area contributed by atoms with Gasteiger partial charge >= 0.3 is 0 Å². The van der Waals surface area contributed by atoms with E-state index in [1.807, 2.05) is 26.0 Å². The zero-order valence-corrected chi connectivity index (χ0v) is 15.0. The molecule has 1 aromatic heterocycles. The molecule has 138 valence electrons. The van der Waals surface area contributed by atoms with Crippen molar-refractivity contribution in [3.63, 3.8) is 0 Å². The monoisotopic (exact) mass is 366 g/mol. The summed E-state index contributed by atoms with van der Waals surface area (Å²) in [6.07, 6.45) is 1.41. The van der Waals surface area contributed by atoms with Gasteiger partial charge in [0.05, 0.1) is 0 Å². The summed E-state index contributed by atoms with van der Waals surface area (Å²) in [4.78, 5) is 30.5. The molecular weight excluding hydrogens is 347 g/mol. The number of aryl methyl sites for hydroxylation is 2. The van der Waals surface area contributed by atoms with Crippen LogP contribution in [-0.2, 0) is 6.61 Å². The van der Waals surface area contributed by atoms with E-state index in [4.69, 9.17) is 4.84 Å². The average molecular weight is 366 g/mol. The summed E-state index contributed by atoms with van der Waals surface area (Å²) in [5.41, 5.74) is 2.57. The minimum atomic E-state index is -0.587. The fourth-order valence-corrected chi connectivity index (χ4v) is 2.66. The van der Waals surface area contributed by atoms with E-state index in [0.717, 1.165) is 15.9 Å². The summed E-state index contributed by atoms with van der Waals surface area (Å²) in [6, 6.07) is 14.5. The molecule has 0 saturated carbocycles. The van der Waals surface area contributed by atoms with Crippen LogP contribution >= 0.6 is 0 Å². The van der Waals surface area contributed by atoms with Crippen LogP contribution in [0.15, 0.2) is 65.6 Å². The molecule has 0 spiro atoms. The number of rotatable bonds is 5. The Morgan fingerprint density at radius 1 is 1.11 bits per heavy atom. The maximum absolute atomic E-state index is 13.2. The van der Waals surface area contributed by atoms with E-state index in [0.29, 0.717) is 11.3 Å². The summed E-state index contributed by atoms with van der Waals surface area (Å²) in [7, 11) is 0. The third kappa shape index (κ3) is 4.41. The minimum absolute atomic E-state index is 0.000189. The Hall–Kier alpha value is -3.41. The van der Waals surface area contributed by atoms with Crippen LogP contribution in [-0.4, -0.2) is 10.6 Å². The van der Waals surface area contributed by atoms with Crippen LogP contribution in [0.4, 0.5) is 10.1 Å². The van der Waals surface area contributed by atoms with Crippen molar-refractivity contribution in [3.8, 4) is 0 Å². The van der Waals surface area contributed by atoms with E-state index in [2.05, 4.69) is 5.32 Å². The smallest absolute Gasteiger partial charge is 0.295 e. The van der Waals surface area contributed by atoms with Gasteiger partial charge in [-0.25, -0.2) is 4.39 Å². The van der Waals surface area contributed by atoms with Gasteiger partial charge in [0.25, 0.3) is 11.5 Å². The SMILES string of the molecule is Cc1ccc(NC(=O)c2cccn(OCc3cccc(F)c3)c2=O)c(C)c1. The maximum atomic E-state index is 13.2. The Labute approximate surface area is 156 Å². The van der Waals surface area contributed by atoms with E-state index in [9.17, 15) is 14.0 Å². The van der Waals surface area contributed by atoms with E-state index in [1.165, 1.54) is 24.4 Å². The van der Waals surface area contributed by atoms with Gasteiger partial charge in [-0.15, -0.1) is 0 Å². The number of carbonyl (C=O) groups excluding carboxylic acids is 1. The van der Waals surface area contributed by atoms with E-state index in [-0.39, 0.29) is 18.0 Å². The lowest BCUT2D eigenvalue weighted by Crippen LogP contribution is -2.32. The van der Waals surface area contributed by atoms with Gasteiger partial charge in [0.15, 0.2) is 0 Å². The predicted octanol–water partition coefficient (Wildman–Crippen LogP) is 3.49. The highest BCUT2D eigenvalue weighted by Crippen LogP contribution is 2.16. The maximum Gasteiger partial charge on any atom is 0.295 e. The number of hydrogen-bond donors (Lipinski definition) is 1. The third-order valence-electron chi connectivity index (χ3n) is 4.05. The molecule has 6 heteroatoms. The molecule has 2 aromatic carbocycles. The van der Waals surface area contributed by atoms with Gasteiger partial charge in [-0.2, -0.15) is 4.73 Å². The first kappa shape index (κ1) is 18.4. The lowest BCUT2D eigenvalue weighted by molar-refractivity contribution is 0.0862. The normalized spacial score (nSPS) is 10.5. The summed E-state index contributed by atoms with van der Waals surface area (Å²) in [5.74, 6) is -0.902. The number of halogens is 1. The van der Waals surface area contributed by atoms with Gasteiger partial charge in [0.2, 0.25) is 0 Å². The molecule has 0 fully saturated rings. The molecule has 5 nitrogen and oxygen atoms in total. The van der Waals surface area contributed by atoms with E-state index >= 15 is 0 Å². The van der Waals surface area contributed by atoms with Crippen LogP contribution in [0.3, 0.4) is 0 Å². The zero-order chi connectivity index (χ0) is 19.4. The molecule has 0 aliphatic rings. The number of nitrogens with zero attached hydrogens (tertiary/aromatic N) is 1. The fourth-order valence-electron chi connectivity index (χ4n) is 2.66. The standard InChI is InChI=1S/C21H19FN2O3/c1-14-8-9-19(15(2)11-14)23-20(25)18-7-4-10-24(21(18)26)27-13-16-5-3-6-17(22)12-16/h3-12H,13H2,1-2H3,(H,23,25). The van der Waals surface area contributed by atoms with Crippen molar-refractivity contribution in [2.24, 2.45) is 0 Å². The highest BCUT2D eigenvalue weighted by molar-refractivity contribution is 6.04. The minimum Gasteiger partial charge on any atom is -0.406 e. The van der Waals surface area contributed by atoms with Crippen LogP contribution in [0.1, 0.15) is 27.0 Å². The highest BCUT2D eigenvalue weighted by Gasteiger charge is 2.14. The summed E-state index contributed by atoms with van der Waals surface area (Å²) >= 11 is 0. The molecule has 0 radical (unpaired) electrons. The van der Waals surface area contributed by atoms with Crippen LogP contribution in [0.2, 0.25) is 0 Å². The second-order valence-corrected chi connectivity index (χ2v) is 6.23. The molecular formula is C21H19FN2O3. The Bertz CT molecular complexity index is 1040. The molecule has 27 heavy (non-hydrogen) atoms. The Morgan fingerprint density at radius 3 is 2.67 bits per heavy atom. The fraction of sp³-hybridized carbons (Fsp3) is 0.143. The van der Waals surface area contributed by atoms with Crippen molar-refractivity contribution in [3.05, 3.63) is 99.2 Å². The Balaban J connectivity index is 1.77. The number of anilines is 1. The lowest BCUT2D eigenvalue weighted by Gasteiger charge is -2.11. The summed E-state index contributed by atoms with van der Waals surface area (Å²) < 4.78 is 14.2. The van der Waals surface area contributed by atoms with Gasteiger partial charge in [-0.3, -0.25) is 9.59 Å². The molecule has 0 bridgehead atoms. The molecule has 0 saturated heterocycles. The zero-order valence-electron chi connectivity index (χ0n) is 15.0. The topological polar surface area (TPSA) is 60.3 Å². The van der Waals surface area contributed by atoms with Gasteiger partial charge in [0.1, 0.15) is 18.0 Å². The van der Waals surface area contributed by atoms with Gasteiger partial charge in [-0.05, 0) is 55.3 Å². The van der Waals surface area contributed by atoms with Crippen LogP contribution in [0.5, 0.6) is 0 Å². The predicted molar refractivity (Wildman–Crippen MR) is 101 cm³/mol. The number of carbonyl (C=O) groups is 1. The lowest BCUT2D eigenvalue weighted by atomic mass is 10.1. The van der Waals surface area contributed by atoms with Crippen molar-refractivity contribution >= 4 is 11.6 Å². The Morgan fingerprint density at radius 2 is 1.93 bits per heavy atom. The number of aromatic nitrogens is 1. The molecule has 3 aromatic rings. The first-order chi connectivity index (χ1) is 12.9.